The first kappa shape index (κ1) is 24.9. The zero-order chi connectivity index (χ0) is 25.3. The van der Waals surface area contributed by atoms with Crippen molar-refractivity contribution in [3.63, 3.8) is 0 Å². The summed E-state index contributed by atoms with van der Waals surface area (Å²) in [4.78, 5) is 32.2. The van der Waals surface area contributed by atoms with Crippen LogP contribution in [0.4, 0.5) is 0 Å². The zero-order valence-electron chi connectivity index (χ0n) is 20.7. The Morgan fingerprint density at radius 3 is 2.49 bits per heavy atom. The second kappa shape index (κ2) is 10.2. The van der Waals surface area contributed by atoms with Crippen LogP contribution in [0.2, 0.25) is 0 Å². The molecule has 0 fully saturated rings. The molecule has 0 aliphatic carbocycles. The molecule has 0 bridgehead atoms. The number of carbonyl (C=O) groups excluding carboxylic acids is 2. The van der Waals surface area contributed by atoms with E-state index in [0.29, 0.717) is 5.71 Å². The number of aliphatic hydroxyl groups excluding tert-OH is 1. The fourth-order valence-electron chi connectivity index (χ4n) is 4.47. The molecule has 35 heavy (non-hydrogen) atoms. The van der Waals surface area contributed by atoms with E-state index in [1.807, 2.05) is 70.6 Å². The van der Waals surface area contributed by atoms with Gasteiger partial charge in [0.05, 0.1) is 34.7 Å². The number of benzene rings is 1. The summed E-state index contributed by atoms with van der Waals surface area (Å²) >= 11 is 1.60. The molecular formula is C26H32N5O3S+. The second-order valence-corrected chi connectivity index (χ2v) is 10.4. The lowest BCUT2D eigenvalue weighted by Crippen LogP contribution is -2.41. The number of rotatable bonds is 7. The van der Waals surface area contributed by atoms with Crippen LogP contribution >= 0.6 is 11.3 Å². The molecule has 8 nitrogen and oxygen atoms in total. The number of thiazole rings is 1. The number of nitrogens with zero attached hydrogens (tertiary/aromatic N) is 4. The number of aromatic nitrogens is 3. The van der Waals surface area contributed by atoms with Crippen molar-refractivity contribution in [2.45, 2.75) is 59.2 Å². The summed E-state index contributed by atoms with van der Waals surface area (Å²) in [7, 11) is 0. The van der Waals surface area contributed by atoms with Crippen molar-refractivity contribution in [3.05, 3.63) is 59.0 Å². The number of β-amino-alcohol motifs (C(OH)–C–C–N with tert-alkyl or cyclic N) is 1. The topological polar surface area (TPSA) is 100 Å². The van der Waals surface area contributed by atoms with Gasteiger partial charge in [-0.15, -0.1) is 11.3 Å². The van der Waals surface area contributed by atoms with Crippen molar-refractivity contribution in [3.8, 4) is 10.4 Å². The fourth-order valence-corrected chi connectivity index (χ4v) is 5.28. The molecule has 184 valence electrons. The Kier molecular flexibility index (Phi) is 7.28. The van der Waals surface area contributed by atoms with Gasteiger partial charge in [0, 0.05) is 6.20 Å². The van der Waals surface area contributed by atoms with Gasteiger partial charge in [-0.2, -0.15) is 9.67 Å². The Bertz CT molecular complexity index is 1260. The van der Waals surface area contributed by atoms with Crippen molar-refractivity contribution in [1.29, 1.82) is 0 Å². The highest BCUT2D eigenvalue weighted by Crippen LogP contribution is 2.28. The van der Waals surface area contributed by atoms with E-state index in [2.05, 4.69) is 15.4 Å². The Hall–Kier alpha value is -3.17. The second-order valence-electron chi connectivity index (χ2n) is 9.52. The largest absolute Gasteiger partial charge is 0.412 e. The molecule has 0 saturated heterocycles. The minimum atomic E-state index is -0.774. The van der Waals surface area contributed by atoms with Gasteiger partial charge >= 0.3 is 11.8 Å². The van der Waals surface area contributed by atoms with E-state index in [1.54, 1.807) is 22.2 Å². The molecule has 0 saturated carbocycles. The molecule has 1 aromatic carbocycles. The van der Waals surface area contributed by atoms with Crippen LogP contribution in [0.5, 0.6) is 0 Å². The molecule has 2 amide bonds. The number of hydrogen-bond acceptors (Lipinski definition) is 6. The number of aryl methyl sites for hydroxylation is 2. The molecule has 0 unspecified atom stereocenters. The fraction of sp³-hybridized carbons (Fsp3) is 0.423. The summed E-state index contributed by atoms with van der Waals surface area (Å²) in [5, 5.41) is 17.7. The van der Waals surface area contributed by atoms with Gasteiger partial charge in [-0.1, -0.05) is 38.1 Å². The van der Waals surface area contributed by atoms with Crippen LogP contribution < -0.4 is 5.32 Å². The van der Waals surface area contributed by atoms with Gasteiger partial charge in [0.2, 0.25) is 0 Å². The molecule has 1 aliphatic rings. The monoisotopic (exact) mass is 494 g/mol. The Labute approximate surface area is 209 Å². The maximum atomic E-state index is 13.5. The van der Waals surface area contributed by atoms with Gasteiger partial charge in [0.25, 0.3) is 5.71 Å². The van der Waals surface area contributed by atoms with Gasteiger partial charge in [0.15, 0.2) is 12.6 Å². The van der Waals surface area contributed by atoms with E-state index < -0.39 is 12.1 Å². The Balaban J connectivity index is 1.53. The maximum absolute atomic E-state index is 13.5. The van der Waals surface area contributed by atoms with Gasteiger partial charge in [-0.3, -0.25) is 9.48 Å². The summed E-state index contributed by atoms with van der Waals surface area (Å²) < 4.78 is 3.08. The molecule has 3 atom stereocenters. The SMILES string of the molecule is Cc1cnn([C@H](C(=O)[N+]2=C(C(=O)N[C@@H](C)c3ccc(-c4scnc4C)cc3)C[C@@H](O)C2)C(C)C)c1. The average Bonchev–Trinajstić information content (AvgIpc) is 3.53. The number of aliphatic hydroxyl groups is 1. The molecular weight excluding hydrogens is 462 g/mol. The Morgan fingerprint density at radius 2 is 1.91 bits per heavy atom. The van der Waals surface area contributed by atoms with E-state index in [4.69, 9.17) is 0 Å². The third kappa shape index (κ3) is 5.26. The first-order valence-electron chi connectivity index (χ1n) is 11.8. The average molecular weight is 495 g/mol. The van der Waals surface area contributed by atoms with Crippen molar-refractivity contribution < 1.29 is 19.3 Å². The van der Waals surface area contributed by atoms with Crippen LogP contribution in [0, 0.1) is 19.8 Å². The molecule has 1 aliphatic heterocycles. The molecule has 3 aromatic rings. The van der Waals surface area contributed by atoms with E-state index in [1.165, 1.54) is 4.58 Å². The smallest absolute Gasteiger partial charge is 0.386 e. The van der Waals surface area contributed by atoms with Crippen LogP contribution in [0.1, 0.15) is 56.1 Å². The van der Waals surface area contributed by atoms with E-state index >= 15 is 0 Å². The third-order valence-corrected chi connectivity index (χ3v) is 7.32. The number of hydrogen-bond donors (Lipinski definition) is 2. The van der Waals surface area contributed by atoms with Crippen LogP contribution in [-0.2, 0) is 9.59 Å². The molecule has 4 rings (SSSR count). The lowest BCUT2D eigenvalue weighted by atomic mass is 10.0. The summed E-state index contributed by atoms with van der Waals surface area (Å²) in [6.07, 6.45) is 2.90. The van der Waals surface area contributed by atoms with Crippen molar-refractivity contribution >= 4 is 28.9 Å². The molecule has 2 aromatic heterocycles. The van der Waals surface area contributed by atoms with E-state index in [-0.39, 0.29) is 36.7 Å². The van der Waals surface area contributed by atoms with Crippen molar-refractivity contribution in [2.24, 2.45) is 5.92 Å². The third-order valence-electron chi connectivity index (χ3n) is 6.34. The minimum absolute atomic E-state index is 0.0384. The number of carbonyl (C=O) groups is 2. The van der Waals surface area contributed by atoms with Gasteiger partial charge < -0.3 is 10.4 Å². The van der Waals surface area contributed by atoms with Gasteiger partial charge in [0.1, 0.15) is 6.10 Å². The summed E-state index contributed by atoms with van der Waals surface area (Å²) in [5.41, 5.74) is 6.12. The predicted octanol–water partition coefficient (Wildman–Crippen LogP) is 3.44. The standard InChI is InChI=1S/C26H31N5O3S/c1-15(2)23(31-12-16(3)11-28-31)26(34)30-13-21(32)10-22(30)25(33)29-17(4)19-6-8-20(9-7-19)24-18(5)27-14-35-24/h6-9,11-12,14-15,17,21,23,32H,10,13H2,1-5H3/p+1/t17-,21+,23-/m0/s1. The van der Waals surface area contributed by atoms with Crippen LogP contribution in [0.15, 0.2) is 42.2 Å². The maximum Gasteiger partial charge on any atom is 0.412 e. The highest BCUT2D eigenvalue weighted by atomic mass is 32.1. The van der Waals surface area contributed by atoms with Crippen molar-refractivity contribution in [2.75, 3.05) is 6.54 Å². The first-order chi connectivity index (χ1) is 16.7. The molecule has 0 spiro atoms. The number of nitrogens with one attached hydrogen (secondary N) is 1. The molecule has 3 heterocycles. The highest BCUT2D eigenvalue weighted by Gasteiger charge is 2.44. The van der Waals surface area contributed by atoms with Crippen LogP contribution in [0.25, 0.3) is 10.4 Å². The van der Waals surface area contributed by atoms with Crippen LogP contribution in [-0.4, -0.2) is 54.6 Å². The predicted molar refractivity (Wildman–Crippen MR) is 135 cm³/mol. The highest BCUT2D eigenvalue weighted by molar-refractivity contribution is 7.13. The van der Waals surface area contributed by atoms with Crippen molar-refractivity contribution in [1.82, 2.24) is 20.1 Å². The minimum Gasteiger partial charge on any atom is -0.386 e. The van der Waals surface area contributed by atoms with E-state index in [0.717, 1.165) is 27.3 Å². The molecule has 9 heteroatoms. The molecule has 0 radical (unpaired) electrons. The van der Waals surface area contributed by atoms with Gasteiger partial charge in [-0.25, -0.2) is 9.78 Å². The summed E-state index contributed by atoms with van der Waals surface area (Å²) in [6, 6.07) is 7.21. The normalized spacial score (nSPS) is 17.6. The number of amides is 2. The zero-order valence-corrected chi connectivity index (χ0v) is 21.5. The van der Waals surface area contributed by atoms with E-state index in [9.17, 15) is 14.7 Å². The lowest BCUT2D eigenvalue weighted by molar-refractivity contribution is -0.451. The van der Waals surface area contributed by atoms with Gasteiger partial charge in [-0.05, 0) is 43.4 Å². The summed E-state index contributed by atoms with van der Waals surface area (Å²) in [6.45, 7) is 9.81. The quantitative estimate of drug-likeness (QED) is 0.490. The Morgan fingerprint density at radius 1 is 1.20 bits per heavy atom. The van der Waals surface area contributed by atoms with Crippen LogP contribution in [0.3, 0.4) is 0 Å². The molecule has 2 N–H and O–H groups in total. The summed E-state index contributed by atoms with van der Waals surface area (Å²) in [5.74, 6) is -0.617. The first-order valence-corrected chi connectivity index (χ1v) is 12.7. The lowest BCUT2D eigenvalue weighted by Gasteiger charge is -2.18.